The summed E-state index contributed by atoms with van der Waals surface area (Å²) in [5, 5.41) is 2.37. The molecule has 0 bridgehead atoms. The number of thioether (sulfide) groups is 1. The van der Waals surface area contributed by atoms with E-state index in [-0.39, 0.29) is 11.2 Å². The molecule has 0 radical (unpaired) electrons. The van der Waals surface area contributed by atoms with Gasteiger partial charge in [-0.25, -0.2) is 0 Å². The third kappa shape index (κ3) is 3.93. The van der Waals surface area contributed by atoms with Crippen LogP contribution in [0.3, 0.4) is 0 Å². The van der Waals surface area contributed by atoms with Gasteiger partial charge in [0.25, 0.3) is 5.91 Å². The Morgan fingerprint density at radius 2 is 1.59 bits per heavy atom. The number of amides is 1. The Hall–Kier alpha value is -1.71. The van der Waals surface area contributed by atoms with E-state index >= 15 is 0 Å². The second-order valence-electron chi connectivity index (χ2n) is 4.28. The number of rotatable bonds is 1. The van der Waals surface area contributed by atoms with E-state index in [2.05, 4.69) is 10.3 Å². The zero-order valence-corrected chi connectivity index (χ0v) is 11.5. The second-order valence-corrected chi connectivity index (χ2v) is 5.37. The average Bonchev–Trinajstić information content (AvgIpc) is 2.89. The summed E-state index contributed by atoms with van der Waals surface area (Å²) in [6, 6.07) is 0.730. The monoisotopic (exact) mass is 342 g/mol. The van der Waals surface area contributed by atoms with Crippen molar-refractivity contribution in [1.29, 1.82) is 0 Å². The van der Waals surface area contributed by atoms with Gasteiger partial charge in [0, 0.05) is 11.3 Å². The van der Waals surface area contributed by atoms with Gasteiger partial charge in [0.2, 0.25) is 0 Å². The lowest BCUT2D eigenvalue weighted by Crippen LogP contribution is -2.28. The second kappa shape index (κ2) is 5.82. The van der Waals surface area contributed by atoms with E-state index in [4.69, 9.17) is 0 Å². The Kier molecular flexibility index (Phi) is 4.41. The van der Waals surface area contributed by atoms with Crippen LogP contribution >= 0.6 is 11.8 Å². The molecule has 0 saturated heterocycles. The molecule has 0 spiro atoms. The number of carbonyl (C=O) groups excluding carboxylic acids is 1. The number of nitrogens with one attached hydrogen (secondary N) is 1. The quantitative estimate of drug-likeness (QED) is 0.793. The van der Waals surface area contributed by atoms with Crippen LogP contribution in [0.1, 0.15) is 21.5 Å². The summed E-state index contributed by atoms with van der Waals surface area (Å²) >= 11 is 1.16. The van der Waals surface area contributed by atoms with E-state index in [1.807, 2.05) is 0 Å². The molecule has 0 saturated carbocycles. The van der Waals surface area contributed by atoms with E-state index < -0.39 is 35.0 Å². The molecule has 1 heterocycles. The Morgan fingerprint density at radius 3 is 2.00 bits per heavy atom. The number of hydrogen-bond acceptors (Lipinski definition) is 3. The standard InChI is InChI=1S/C12H8F6N2OS/c13-11(14,15)7-3-6(4-8(5-7)12(16,17)18)9(21)20-10-19-1-2-22-10/h3-5H,1-2H2,(H,19,20,21). The Morgan fingerprint density at radius 1 is 1.05 bits per heavy atom. The molecule has 3 nitrogen and oxygen atoms in total. The van der Waals surface area contributed by atoms with Crippen LogP contribution in [0.5, 0.6) is 0 Å². The van der Waals surface area contributed by atoms with Crippen molar-refractivity contribution >= 4 is 22.8 Å². The van der Waals surface area contributed by atoms with E-state index in [0.717, 1.165) is 11.8 Å². The normalized spacial score (nSPS) is 15.6. The maximum Gasteiger partial charge on any atom is 0.416 e. The minimum atomic E-state index is -4.99. The average molecular weight is 342 g/mol. The number of halogens is 6. The lowest BCUT2D eigenvalue weighted by atomic mass is 10.0. The minimum Gasteiger partial charge on any atom is -0.301 e. The lowest BCUT2D eigenvalue weighted by Gasteiger charge is -2.14. The van der Waals surface area contributed by atoms with Gasteiger partial charge in [-0.05, 0) is 18.2 Å². The van der Waals surface area contributed by atoms with E-state index in [0.29, 0.717) is 24.4 Å². The number of amidine groups is 1. The van der Waals surface area contributed by atoms with Crippen LogP contribution in [0.4, 0.5) is 26.3 Å². The van der Waals surface area contributed by atoms with Gasteiger partial charge in [-0.1, -0.05) is 11.8 Å². The van der Waals surface area contributed by atoms with Gasteiger partial charge in [0.15, 0.2) is 5.17 Å². The topological polar surface area (TPSA) is 41.5 Å². The number of alkyl halides is 6. The van der Waals surface area contributed by atoms with Crippen molar-refractivity contribution in [3.8, 4) is 0 Å². The Bertz CT molecular complexity index is 591. The molecule has 2 rings (SSSR count). The molecule has 22 heavy (non-hydrogen) atoms. The van der Waals surface area contributed by atoms with Crippen molar-refractivity contribution in [2.24, 2.45) is 4.99 Å². The van der Waals surface area contributed by atoms with Crippen LogP contribution in [-0.2, 0) is 12.4 Å². The largest absolute Gasteiger partial charge is 0.416 e. The molecule has 0 aromatic heterocycles. The highest BCUT2D eigenvalue weighted by molar-refractivity contribution is 8.14. The first-order chi connectivity index (χ1) is 10.1. The summed E-state index contributed by atoms with van der Waals surface area (Å²) in [5.41, 5.74) is -3.79. The molecule has 120 valence electrons. The predicted molar refractivity (Wildman–Crippen MR) is 68.7 cm³/mol. The van der Waals surface area contributed by atoms with Crippen molar-refractivity contribution in [3.05, 3.63) is 34.9 Å². The fourth-order valence-electron chi connectivity index (χ4n) is 1.67. The third-order valence-electron chi connectivity index (χ3n) is 2.66. The fourth-order valence-corrected chi connectivity index (χ4v) is 2.39. The highest BCUT2D eigenvalue weighted by Gasteiger charge is 2.37. The summed E-state index contributed by atoms with van der Waals surface area (Å²) < 4.78 is 76.1. The van der Waals surface area contributed by atoms with E-state index in [9.17, 15) is 31.1 Å². The van der Waals surface area contributed by atoms with Gasteiger partial charge in [0.1, 0.15) is 0 Å². The molecular formula is C12H8F6N2OS. The molecule has 0 atom stereocenters. The minimum absolute atomic E-state index is 0.0292. The summed E-state index contributed by atoms with van der Waals surface area (Å²) in [6.07, 6.45) is -9.98. The van der Waals surface area contributed by atoms with E-state index in [1.165, 1.54) is 0 Å². The predicted octanol–water partition coefficient (Wildman–Crippen LogP) is 3.56. The van der Waals surface area contributed by atoms with Crippen molar-refractivity contribution in [2.45, 2.75) is 12.4 Å². The summed E-state index contributed by atoms with van der Waals surface area (Å²) in [5.74, 6) is -0.476. The number of aliphatic imine (C=N–C) groups is 1. The number of carbonyl (C=O) groups is 1. The summed E-state index contributed by atoms with van der Waals surface area (Å²) in [4.78, 5) is 15.7. The molecule has 1 N–H and O–H groups in total. The van der Waals surface area contributed by atoms with Gasteiger partial charge in [0.05, 0.1) is 17.7 Å². The fraction of sp³-hybridized carbons (Fsp3) is 0.333. The van der Waals surface area contributed by atoms with Crippen LogP contribution in [0, 0.1) is 0 Å². The molecular weight excluding hydrogens is 334 g/mol. The van der Waals surface area contributed by atoms with Crippen LogP contribution in [-0.4, -0.2) is 23.4 Å². The molecule has 10 heteroatoms. The first kappa shape index (κ1) is 16.7. The molecule has 0 fully saturated rings. The van der Waals surface area contributed by atoms with Gasteiger partial charge in [-0.15, -0.1) is 0 Å². The molecule has 1 aliphatic rings. The summed E-state index contributed by atoms with van der Waals surface area (Å²) in [6.45, 7) is 0.427. The Balaban J connectivity index is 2.39. The first-order valence-electron chi connectivity index (χ1n) is 5.85. The molecule has 0 unspecified atom stereocenters. The smallest absolute Gasteiger partial charge is 0.301 e. The van der Waals surface area contributed by atoms with Crippen LogP contribution in [0.15, 0.2) is 23.2 Å². The number of hydrogen-bond donors (Lipinski definition) is 1. The van der Waals surface area contributed by atoms with Gasteiger partial charge in [-0.3, -0.25) is 9.79 Å². The summed E-state index contributed by atoms with van der Waals surface area (Å²) in [7, 11) is 0. The van der Waals surface area contributed by atoms with Crippen LogP contribution < -0.4 is 5.32 Å². The number of nitrogens with zero attached hydrogens (tertiary/aromatic N) is 1. The van der Waals surface area contributed by atoms with Crippen LogP contribution in [0.25, 0.3) is 0 Å². The van der Waals surface area contributed by atoms with Gasteiger partial charge in [-0.2, -0.15) is 26.3 Å². The molecule has 1 amide bonds. The molecule has 0 aliphatic carbocycles. The van der Waals surface area contributed by atoms with Gasteiger partial charge >= 0.3 is 12.4 Å². The SMILES string of the molecule is O=C(NC1=NCCS1)c1cc(C(F)(F)F)cc(C(F)(F)F)c1. The molecule has 1 aromatic carbocycles. The van der Waals surface area contributed by atoms with E-state index in [1.54, 1.807) is 0 Å². The van der Waals surface area contributed by atoms with Crippen molar-refractivity contribution < 1.29 is 31.1 Å². The lowest BCUT2D eigenvalue weighted by molar-refractivity contribution is -0.143. The Labute approximate surface area is 124 Å². The highest BCUT2D eigenvalue weighted by atomic mass is 32.2. The van der Waals surface area contributed by atoms with Crippen molar-refractivity contribution in [1.82, 2.24) is 5.32 Å². The van der Waals surface area contributed by atoms with Crippen molar-refractivity contribution in [3.63, 3.8) is 0 Å². The molecule has 1 aliphatic heterocycles. The maximum atomic E-state index is 12.7. The molecule has 1 aromatic rings. The van der Waals surface area contributed by atoms with Crippen molar-refractivity contribution in [2.75, 3.05) is 12.3 Å². The highest BCUT2D eigenvalue weighted by Crippen LogP contribution is 2.36. The number of benzene rings is 1. The maximum absolute atomic E-state index is 12.7. The zero-order valence-electron chi connectivity index (χ0n) is 10.7. The van der Waals surface area contributed by atoms with Crippen LogP contribution in [0.2, 0.25) is 0 Å². The third-order valence-corrected chi connectivity index (χ3v) is 3.55. The first-order valence-corrected chi connectivity index (χ1v) is 6.84. The zero-order chi connectivity index (χ0) is 16.5. The van der Waals surface area contributed by atoms with Gasteiger partial charge < -0.3 is 5.32 Å².